The number of rotatable bonds is 2. The van der Waals surface area contributed by atoms with Crippen molar-refractivity contribution >= 4 is 16.8 Å². The summed E-state index contributed by atoms with van der Waals surface area (Å²) in [5.41, 5.74) is -0.316. The SMILES string of the molecule is CC(=O)c1oc2ccc(F)cc2c(=O)c1-c1cccc(F)c1. The average molecular weight is 300 g/mol. The molecule has 0 N–H and O–H groups in total. The Bertz CT molecular complexity index is 958. The molecule has 3 aromatic rings. The summed E-state index contributed by atoms with van der Waals surface area (Å²) in [5, 5.41) is 0.00395. The number of Topliss-reactive ketones (excluding diaryl/α,β-unsaturated/α-hetero) is 1. The number of ketones is 1. The van der Waals surface area contributed by atoms with Crippen LogP contribution >= 0.6 is 0 Å². The summed E-state index contributed by atoms with van der Waals surface area (Å²) in [6.07, 6.45) is 0. The quantitative estimate of drug-likeness (QED) is 0.673. The molecule has 0 aliphatic carbocycles. The van der Waals surface area contributed by atoms with Gasteiger partial charge in [0.05, 0.1) is 10.9 Å². The largest absolute Gasteiger partial charge is 0.452 e. The molecule has 0 amide bonds. The molecule has 0 atom stereocenters. The highest BCUT2D eigenvalue weighted by molar-refractivity contribution is 6.00. The fourth-order valence-electron chi connectivity index (χ4n) is 2.32. The normalized spacial score (nSPS) is 10.9. The first-order valence-electron chi connectivity index (χ1n) is 6.50. The molecule has 110 valence electrons. The Morgan fingerprint density at radius 1 is 1.05 bits per heavy atom. The lowest BCUT2D eigenvalue weighted by Crippen LogP contribution is -2.11. The Hall–Kier alpha value is -2.82. The molecule has 0 aliphatic rings. The van der Waals surface area contributed by atoms with Gasteiger partial charge < -0.3 is 4.42 Å². The zero-order valence-corrected chi connectivity index (χ0v) is 11.5. The van der Waals surface area contributed by atoms with Crippen LogP contribution in [0.5, 0.6) is 0 Å². The standard InChI is InChI=1S/C17H10F2O3/c1-9(20)17-15(10-3-2-4-11(18)7-10)16(21)13-8-12(19)5-6-14(13)22-17/h2-8H,1H3. The molecule has 5 heteroatoms. The molecule has 0 unspecified atom stereocenters. The van der Waals surface area contributed by atoms with Crippen LogP contribution in [0.4, 0.5) is 8.78 Å². The number of hydrogen-bond donors (Lipinski definition) is 0. The van der Waals surface area contributed by atoms with E-state index in [4.69, 9.17) is 4.42 Å². The topological polar surface area (TPSA) is 47.3 Å². The summed E-state index contributed by atoms with van der Waals surface area (Å²) in [7, 11) is 0. The van der Waals surface area contributed by atoms with Gasteiger partial charge in [-0.25, -0.2) is 8.78 Å². The molecule has 1 aromatic heterocycles. The predicted octanol–water partition coefficient (Wildman–Crippen LogP) is 3.94. The molecule has 1 heterocycles. The van der Waals surface area contributed by atoms with Crippen LogP contribution in [0.15, 0.2) is 51.7 Å². The van der Waals surface area contributed by atoms with Gasteiger partial charge in [0.15, 0.2) is 11.5 Å². The third kappa shape index (κ3) is 2.30. The molecule has 0 aliphatic heterocycles. The Balaban J connectivity index is 2.46. The van der Waals surface area contributed by atoms with Gasteiger partial charge in [0.25, 0.3) is 0 Å². The van der Waals surface area contributed by atoms with Crippen LogP contribution in [-0.2, 0) is 0 Å². The minimum Gasteiger partial charge on any atom is -0.452 e. The molecule has 0 saturated carbocycles. The number of carbonyl (C=O) groups is 1. The number of carbonyl (C=O) groups excluding carboxylic acids is 1. The van der Waals surface area contributed by atoms with Crippen molar-refractivity contribution in [2.45, 2.75) is 6.92 Å². The summed E-state index contributed by atoms with van der Waals surface area (Å²) in [4.78, 5) is 24.4. The molecule has 0 spiro atoms. The maximum Gasteiger partial charge on any atom is 0.201 e. The second kappa shape index (κ2) is 5.18. The van der Waals surface area contributed by atoms with Gasteiger partial charge in [-0.2, -0.15) is 0 Å². The summed E-state index contributed by atoms with van der Waals surface area (Å²) < 4.78 is 32.2. The average Bonchev–Trinajstić information content (AvgIpc) is 2.47. The fraction of sp³-hybridized carbons (Fsp3) is 0.0588. The van der Waals surface area contributed by atoms with Crippen LogP contribution in [-0.4, -0.2) is 5.78 Å². The van der Waals surface area contributed by atoms with Gasteiger partial charge in [-0.1, -0.05) is 12.1 Å². The van der Waals surface area contributed by atoms with Crippen molar-refractivity contribution in [2.75, 3.05) is 0 Å². The van der Waals surface area contributed by atoms with E-state index in [2.05, 4.69) is 0 Å². The van der Waals surface area contributed by atoms with E-state index in [1.54, 1.807) is 0 Å². The molecule has 0 fully saturated rings. The maximum absolute atomic E-state index is 13.4. The number of benzene rings is 2. The highest BCUT2D eigenvalue weighted by Crippen LogP contribution is 2.26. The van der Waals surface area contributed by atoms with Crippen LogP contribution < -0.4 is 5.43 Å². The molecule has 0 bridgehead atoms. The van der Waals surface area contributed by atoms with Crippen molar-refractivity contribution in [3.63, 3.8) is 0 Å². The molecule has 22 heavy (non-hydrogen) atoms. The molecular weight excluding hydrogens is 290 g/mol. The Labute approximate surface area is 123 Å². The minimum absolute atomic E-state index is 0.00395. The van der Waals surface area contributed by atoms with E-state index < -0.39 is 22.8 Å². The second-order valence-electron chi connectivity index (χ2n) is 4.84. The van der Waals surface area contributed by atoms with Gasteiger partial charge in [-0.15, -0.1) is 0 Å². The lowest BCUT2D eigenvalue weighted by Gasteiger charge is -2.08. The van der Waals surface area contributed by atoms with Crippen molar-refractivity contribution in [3.05, 3.63) is 70.1 Å². The van der Waals surface area contributed by atoms with Crippen LogP contribution in [0.3, 0.4) is 0 Å². The van der Waals surface area contributed by atoms with Gasteiger partial charge >= 0.3 is 0 Å². The van der Waals surface area contributed by atoms with E-state index in [9.17, 15) is 18.4 Å². The maximum atomic E-state index is 13.4. The first-order valence-corrected chi connectivity index (χ1v) is 6.50. The first-order chi connectivity index (χ1) is 10.5. The van der Waals surface area contributed by atoms with Crippen molar-refractivity contribution < 1.29 is 18.0 Å². The first kappa shape index (κ1) is 14.1. The van der Waals surface area contributed by atoms with Crippen LogP contribution in [0, 0.1) is 11.6 Å². The van der Waals surface area contributed by atoms with Crippen molar-refractivity contribution in [2.24, 2.45) is 0 Å². The van der Waals surface area contributed by atoms with Crippen LogP contribution in [0.2, 0.25) is 0 Å². The molecule has 0 saturated heterocycles. The number of fused-ring (bicyclic) bond motifs is 1. The summed E-state index contributed by atoms with van der Waals surface area (Å²) in [6, 6.07) is 8.72. The Morgan fingerprint density at radius 2 is 1.77 bits per heavy atom. The second-order valence-corrected chi connectivity index (χ2v) is 4.84. The van der Waals surface area contributed by atoms with Gasteiger partial charge in [-0.05, 0) is 35.9 Å². The fourth-order valence-corrected chi connectivity index (χ4v) is 2.32. The molecule has 3 nitrogen and oxygen atoms in total. The van der Waals surface area contributed by atoms with E-state index in [1.807, 2.05) is 0 Å². The summed E-state index contributed by atoms with van der Waals surface area (Å²) >= 11 is 0. The van der Waals surface area contributed by atoms with E-state index in [0.717, 1.165) is 18.2 Å². The third-order valence-corrected chi connectivity index (χ3v) is 3.29. The van der Waals surface area contributed by atoms with Crippen LogP contribution in [0.25, 0.3) is 22.1 Å². The molecular formula is C17H10F2O3. The van der Waals surface area contributed by atoms with Crippen molar-refractivity contribution in [1.29, 1.82) is 0 Å². The predicted molar refractivity (Wildman–Crippen MR) is 77.8 cm³/mol. The third-order valence-electron chi connectivity index (χ3n) is 3.29. The smallest absolute Gasteiger partial charge is 0.201 e. The zero-order chi connectivity index (χ0) is 15.9. The van der Waals surface area contributed by atoms with E-state index in [1.165, 1.54) is 31.2 Å². The van der Waals surface area contributed by atoms with Gasteiger partial charge in [0.1, 0.15) is 17.2 Å². The minimum atomic E-state index is -0.597. The zero-order valence-electron chi connectivity index (χ0n) is 11.5. The highest BCUT2D eigenvalue weighted by Gasteiger charge is 2.20. The van der Waals surface area contributed by atoms with E-state index >= 15 is 0 Å². The monoisotopic (exact) mass is 300 g/mol. The number of hydrogen-bond acceptors (Lipinski definition) is 3. The highest BCUT2D eigenvalue weighted by atomic mass is 19.1. The van der Waals surface area contributed by atoms with Crippen molar-refractivity contribution in [3.8, 4) is 11.1 Å². The van der Waals surface area contributed by atoms with Crippen LogP contribution in [0.1, 0.15) is 17.5 Å². The number of halogens is 2. The Kier molecular flexibility index (Phi) is 3.33. The molecule has 3 rings (SSSR count). The van der Waals surface area contributed by atoms with E-state index in [-0.39, 0.29) is 27.9 Å². The molecule has 2 aromatic carbocycles. The van der Waals surface area contributed by atoms with E-state index in [0.29, 0.717) is 0 Å². The Morgan fingerprint density at radius 3 is 2.45 bits per heavy atom. The summed E-state index contributed by atoms with van der Waals surface area (Å²) in [5.74, 6) is -1.79. The lowest BCUT2D eigenvalue weighted by atomic mass is 10.0. The lowest BCUT2D eigenvalue weighted by molar-refractivity contribution is 0.0989. The van der Waals surface area contributed by atoms with Gasteiger partial charge in [0.2, 0.25) is 5.43 Å². The van der Waals surface area contributed by atoms with Gasteiger partial charge in [-0.3, -0.25) is 9.59 Å². The van der Waals surface area contributed by atoms with Crippen molar-refractivity contribution in [1.82, 2.24) is 0 Å². The van der Waals surface area contributed by atoms with Gasteiger partial charge in [0, 0.05) is 6.92 Å². The molecule has 0 radical (unpaired) electrons. The summed E-state index contributed by atoms with van der Waals surface area (Å²) in [6.45, 7) is 1.25.